The van der Waals surface area contributed by atoms with Crippen molar-refractivity contribution in [1.29, 1.82) is 0 Å². The van der Waals surface area contributed by atoms with E-state index < -0.39 is 0 Å². The van der Waals surface area contributed by atoms with Gasteiger partial charge in [-0.1, -0.05) is 0 Å². The van der Waals surface area contributed by atoms with Crippen LogP contribution in [0.15, 0.2) is 0 Å². The van der Waals surface area contributed by atoms with Gasteiger partial charge in [0, 0.05) is 19.8 Å². The van der Waals surface area contributed by atoms with E-state index >= 15 is 0 Å². The zero-order valence-electron chi connectivity index (χ0n) is 15.9. The molecule has 0 aromatic rings. The summed E-state index contributed by atoms with van der Waals surface area (Å²) in [5.74, 6) is 0. The average molecular weight is 367 g/mol. The predicted octanol–water partition coefficient (Wildman–Crippen LogP) is 0.470. The molecular formula is C17H37NO7. The van der Waals surface area contributed by atoms with Gasteiger partial charge in [0.05, 0.1) is 78.8 Å². The highest BCUT2D eigenvalue weighted by Gasteiger charge is 2.07. The van der Waals surface area contributed by atoms with Crippen LogP contribution in [0.1, 0.15) is 13.8 Å². The number of ether oxygens (including phenoxy) is 7. The average Bonchev–Trinajstić information content (AvgIpc) is 2.63. The Hall–Kier alpha value is -0.320. The number of nitrogens with two attached hydrogens (primary N) is 1. The minimum absolute atomic E-state index is 0.0999. The van der Waals surface area contributed by atoms with Crippen LogP contribution < -0.4 is 5.73 Å². The molecule has 1 fully saturated rings. The normalized spacial score (nSPS) is 22.9. The summed E-state index contributed by atoms with van der Waals surface area (Å²) in [6.45, 7) is 12.0. The molecule has 1 atom stereocenters. The van der Waals surface area contributed by atoms with Gasteiger partial charge in [0.2, 0.25) is 0 Å². The highest BCUT2D eigenvalue weighted by atomic mass is 16.6. The molecule has 1 aliphatic heterocycles. The second kappa shape index (κ2) is 21.7. The Labute approximate surface area is 152 Å². The lowest BCUT2D eigenvalue weighted by atomic mass is 10.4. The van der Waals surface area contributed by atoms with Gasteiger partial charge in [-0.05, 0) is 13.8 Å². The number of rotatable bonds is 3. The minimum atomic E-state index is -0.0999. The molecule has 1 unspecified atom stereocenters. The molecule has 0 aromatic heterocycles. The molecule has 1 saturated heterocycles. The maximum atomic E-state index is 5.61. The summed E-state index contributed by atoms with van der Waals surface area (Å²) < 4.78 is 37.3. The van der Waals surface area contributed by atoms with Gasteiger partial charge in [0.15, 0.2) is 0 Å². The summed E-state index contributed by atoms with van der Waals surface area (Å²) in [4.78, 5) is 0. The highest BCUT2D eigenvalue weighted by molar-refractivity contribution is 4.57. The van der Waals surface area contributed by atoms with Crippen LogP contribution in [0.5, 0.6) is 0 Å². The molecule has 1 heterocycles. The molecule has 0 saturated carbocycles. The Kier molecular flexibility index (Phi) is 21.4. The lowest BCUT2D eigenvalue weighted by Gasteiger charge is -2.16. The van der Waals surface area contributed by atoms with Gasteiger partial charge < -0.3 is 38.9 Å². The second-order valence-electron chi connectivity index (χ2n) is 5.03. The van der Waals surface area contributed by atoms with E-state index in [4.69, 9.17) is 38.9 Å². The Morgan fingerprint density at radius 1 is 0.680 bits per heavy atom. The maximum Gasteiger partial charge on any atom is 0.0931 e. The van der Waals surface area contributed by atoms with Gasteiger partial charge in [0.1, 0.15) is 0 Å². The van der Waals surface area contributed by atoms with Crippen LogP contribution in [0, 0.1) is 0 Å². The van der Waals surface area contributed by atoms with Gasteiger partial charge in [-0.2, -0.15) is 0 Å². The highest BCUT2D eigenvalue weighted by Crippen LogP contribution is 1.93. The third kappa shape index (κ3) is 19.8. The number of hydrogen-bond donors (Lipinski definition) is 1. The van der Waals surface area contributed by atoms with Crippen LogP contribution in [-0.4, -0.2) is 98.5 Å². The maximum absolute atomic E-state index is 5.61. The Morgan fingerprint density at radius 2 is 1.08 bits per heavy atom. The molecular weight excluding hydrogens is 330 g/mol. The third-order valence-corrected chi connectivity index (χ3v) is 3.04. The van der Waals surface area contributed by atoms with E-state index in [0.717, 1.165) is 13.2 Å². The zero-order chi connectivity index (χ0) is 18.4. The van der Waals surface area contributed by atoms with Crippen molar-refractivity contribution in [3.63, 3.8) is 0 Å². The second-order valence-corrected chi connectivity index (χ2v) is 5.03. The molecule has 1 rings (SSSR count). The van der Waals surface area contributed by atoms with Crippen molar-refractivity contribution in [2.75, 3.05) is 92.4 Å². The lowest BCUT2D eigenvalue weighted by Crippen LogP contribution is -2.30. The third-order valence-electron chi connectivity index (χ3n) is 3.04. The molecule has 0 amide bonds. The van der Waals surface area contributed by atoms with E-state index in [1.165, 1.54) is 0 Å². The fraction of sp³-hybridized carbons (Fsp3) is 1.00. The van der Waals surface area contributed by atoms with E-state index in [2.05, 4.69) is 0 Å². The van der Waals surface area contributed by atoms with Gasteiger partial charge in [-0.25, -0.2) is 0 Å². The molecule has 0 aliphatic carbocycles. The molecule has 0 aromatic carbocycles. The van der Waals surface area contributed by atoms with Gasteiger partial charge >= 0.3 is 0 Å². The van der Waals surface area contributed by atoms with Crippen molar-refractivity contribution in [2.45, 2.75) is 20.0 Å². The molecule has 25 heavy (non-hydrogen) atoms. The first-order valence-electron chi connectivity index (χ1n) is 9.13. The summed E-state index contributed by atoms with van der Waals surface area (Å²) in [7, 11) is 0. The van der Waals surface area contributed by atoms with E-state index in [1.54, 1.807) is 0 Å². The fourth-order valence-electron chi connectivity index (χ4n) is 1.76. The van der Waals surface area contributed by atoms with E-state index in [0.29, 0.717) is 79.2 Å². The monoisotopic (exact) mass is 367 g/mol. The first-order valence-corrected chi connectivity index (χ1v) is 9.13. The molecule has 8 heteroatoms. The van der Waals surface area contributed by atoms with Crippen molar-refractivity contribution in [3.8, 4) is 0 Å². The standard InChI is InChI=1S/C13H27NO6.C4H10O/c14-11-13-12-19-8-7-17-4-3-15-1-2-16-5-6-18-9-10-20-13;1-3-5-4-2/h13H,1-12,14H2;3-4H2,1-2H3. The topological polar surface area (TPSA) is 90.6 Å². The van der Waals surface area contributed by atoms with Gasteiger partial charge in [-0.15, -0.1) is 0 Å². The minimum Gasteiger partial charge on any atom is -0.382 e. The molecule has 1 aliphatic rings. The smallest absolute Gasteiger partial charge is 0.0931 e. The van der Waals surface area contributed by atoms with Crippen molar-refractivity contribution in [2.24, 2.45) is 5.73 Å². The SMILES string of the molecule is CCOCC.NCC1COCCOCCOCCOCCOCCO1. The van der Waals surface area contributed by atoms with Gasteiger partial charge in [0.25, 0.3) is 0 Å². The van der Waals surface area contributed by atoms with Crippen LogP contribution in [0.2, 0.25) is 0 Å². The van der Waals surface area contributed by atoms with Crippen molar-refractivity contribution in [1.82, 2.24) is 0 Å². The van der Waals surface area contributed by atoms with E-state index in [9.17, 15) is 0 Å². The quantitative estimate of drug-likeness (QED) is 0.770. The van der Waals surface area contributed by atoms with Crippen LogP contribution in [-0.2, 0) is 33.2 Å². The van der Waals surface area contributed by atoms with Crippen LogP contribution in [0.3, 0.4) is 0 Å². The van der Waals surface area contributed by atoms with Crippen molar-refractivity contribution >= 4 is 0 Å². The summed E-state index contributed by atoms with van der Waals surface area (Å²) >= 11 is 0. The van der Waals surface area contributed by atoms with Gasteiger partial charge in [-0.3, -0.25) is 0 Å². The molecule has 0 spiro atoms. The van der Waals surface area contributed by atoms with Crippen LogP contribution >= 0.6 is 0 Å². The largest absolute Gasteiger partial charge is 0.382 e. The first-order chi connectivity index (χ1) is 12.3. The molecule has 0 radical (unpaired) electrons. The summed E-state index contributed by atoms with van der Waals surface area (Å²) in [5, 5.41) is 0. The Balaban J connectivity index is 0.00000101. The van der Waals surface area contributed by atoms with Crippen molar-refractivity contribution < 1.29 is 33.2 Å². The molecule has 2 N–H and O–H groups in total. The van der Waals surface area contributed by atoms with Crippen LogP contribution in [0.4, 0.5) is 0 Å². The van der Waals surface area contributed by atoms with Crippen LogP contribution in [0.25, 0.3) is 0 Å². The van der Waals surface area contributed by atoms with E-state index in [-0.39, 0.29) is 6.10 Å². The fourth-order valence-corrected chi connectivity index (χ4v) is 1.76. The molecule has 8 nitrogen and oxygen atoms in total. The Morgan fingerprint density at radius 3 is 1.44 bits per heavy atom. The van der Waals surface area contributed by atoms with E-state index in [1.807, 2.05) is 13.8 Å². The van der Waals surface area contributed by atoms with Crippen molar-refractivity contribution in [3.05, 3.63) is 0 Å². The Bertz CT molecular complexity index is 227. The summed E-state index contributed by atoms with van der Waals surface area (Å²) in [6, 6.07) is 0. The first kappa shape index (κ1) is 24.7. The summed E-state index contributed by atoms with van der Waals surface area (Å²) in [6.07, 6.45) is -0.0999. The predicted molar refractivity (Wildman–Crippen MR) is 95.1 cm³/mol. The lowest BCUT2D eigenvalue weighted by molar-refractivity contribution is -0.0574. The zero-order valence-corrected chi connectivity index (χ0v) is 15.9. The molecule has 0 bridgehead atoms. The molecule has 152 valence electrons. The number of hydrogen-bond acceptors (Lipinski definition) is 8. The summed E-state index contributed by atoms with van der Waals surface area (Å²) in [5.41, 5.74) is 5.61.